The van der Waals surface area contributed by atoms with E-state index < -0.39 is 0 Å². The molecule has 1 aliphatic rings. The fourth-order valence-electron chi connectivity index (χ4n) is 2.45. The number of nitrogens with zero attached hydrogens (tertiary/aromatic N) is 1. The molecule has 3 rings (SSSR count). The Morgan fingerprint density at radius 2 is 2.39 bits per heavy atom. The van der Waals surface area contributed by atoms with Gasteiger partial charge in [-0.2, -0.15) is 0 Å². The van der Waals surface area contributed by atoms with Crippen molar-refractivity contribution in [1.29, 1.82) is 0 Å². The third-order valence-electron chi connectivity index (χ3n) is 3.43. The molecule has 2 heterocycles. The van der Waals surface area contributed by atoms with E-state index in [1.807, 2.05) is 18.2 Å². The fraction of sp³-hybridized carbons (Fsp3) is 0.500. The van der Waals surface area contributed by atoms with E-state index in [4.69, 9.17) is 9.47 Å². The Morgan fingerprint density at radius 3 is 3.17 bits per heavy atom. The first-order chi connectivity index (χ1) is 8.85. The lowest BCUT2D eigenvalue weighted by atomic mass is 10.1. The summed E-state index contributed by atoms with van der Waals surface area (Å²) in [7, 11) is 1.67. The van der Waals surface area contributed by atoms with Gasteiger partial charge in [0.1, 0.15) is 11.6 Å². The molecular weight excluding hydrogens is 228 g/mol. The molecule has 4 nitrogen and oxygen atoms in total. The molecular formula is C14H18N2O2. The van der Waals surface area contributed by atoms with Crippen molar-refractivity contribution in [2.45, 2.75) is 31.8 Å². The molecule has 0 saturated carbocycles. The van der Waals surface area contributed by atoms with Gasteiger partial charge in [-0.25, -0.2) is 4.98 Å². The second-order valence-corrected chi connectivity index (χ2v) is 4.76. The average molecular weight is 246 g/mol. The molecule has 0 spiro atoms. The van der Waals surface area contributed by atoms with Gasteiger partial charge in [0.05, 0.1) is 24.2 Å². The van der Waals surface area contributed by atoms with Gasteiger partial charge in [-0.1, -0.05) is 0 Å². The summed E-state index contributed by atoms with van der Waals surface area (Å²) in [5.74, 6) is 1.86. The van der Waals surface area contributed by atoms with Crippen molar-refractivity contribution in [1.82, 2.24) is 9.97 Å². The minimum Gasteiger partial charge on any atom is -0.497 e. The van der Waals surface area contributed by atoms with Crippen LogP contribution >= 0.6 is 0 Å². The average Bonchev–Trinajstić information content (AvgIpc) is 2.80. The van der Waals surface area contributed by atoms with Gasteiger partial charge in [-0.15, -0.1) is 0 Å². The molecule has 4 heteroatoms. The van der Waals surface area contributed by atoms with E-state index in [1.165, 1.54) is 12.8 Å². The molecule has 1 aromatic heterocycles. The molecule has 0 radical (unpaired) electrons. The molecule has 2 aromatic rings. The van der Waals surface area contributed by atoms with E-state index in [0.717, 1.165) is 42.1 Å². The van der Waals surface area contributed by atoms with Crippen LogP contribution in [0.25, 0.3) is 11.0 Å². The summed E-state index contributed by atoms with van der Waals surface area (Å²) in [6, 6.07) is 5.90. The fourth-order valence-corrected chi connectivity index (χ4v) is 2.45. The van der Waals surface area contributed by atoms with Crippen molar-refractivity contribution in [2.75, 3.05) is 13.7 Å². The van der Waals surface area contributed by atoms with Crippen LogP contribution in [-0.2, 0) is 11.2 Å². The lowest BCUT2D eigenvalue weighted by Crippen LogP contribution is -2.21. The molecule has 1 aliphatic heterocycles. The van der Waals surface area contributed by atoms with Crippen LogP contribution < -0.4 is 4.74 Å². The summed E-state index contributed by atoms with van der Waals surface area (Å²) < 4.78 is 10.9. The number of methoxy groups -OCH3 is 1. The summed E-state index contributed by atoms with van der Waals surface area (Å²) in [5, 5.41) is 0. The minimum atomic E-state index is 0.321. The first-order valence-electron chi connectivity index (χ1n) is 6.49. The predicted octanol–water partition coefficient (Wildman–Crippen LogP) is 2.68. The van der Waals surface area contributed by atoms with Crippen molar-refractivity contribution >= 4 is 11.0 Å². The van der Waals surface area contributed by atoms with E-state index in [-0.39, 0.29) is 0 Å². The molecule has 0 aliphatic carbocycles. The molecule has 1 N–H and O–H groups in total. The normalized spacial score (nSPS) is 20.2. The Bertz CT molecular complexity index is 530. The maximum Gasteiger partial charge on any atom is 0.121 e. The van der Waals surface area contributed by atoms with Crippen LogP contribution in [-0.4, -0.2) is 29.8 Å². The number of hydrogen-bond donors (Lipinski definition) is 1. The Hall–Kier alpha value is -1.55. The van der Waals surface area contributed by atoms with Gasteiger partial charge in [0.15, 0.2) is 0 Å². The van der Waals surface area contributed by atoms with Crippen LogP contribution in [0.2, 0.25) is 0 Å². The second kappa shape index (κ2) is 4.98. The van der Waals surface area contributed by atoms with Crippen LogP contribution in [0, 0.1) is 0 Å². The summed E-state index contributed by atoms with van der Waals surface area (Å²) in [6.45, 7) is 0.888. The summed E-state index contributed by atoms with van der Waals surface area (Å²) >= 11 is 0. The maximum absolute atomic E-state index is 5.74. The molecule has 96 valence electrons. The number of nitrogens with one attached hydrogen (secondary N) is 1. The third-order valence-corrected chi connectivity index (χ3v) is 3.43. The summed E-state index contributed by atoms with van der Waals surface area (Å²) in [5.41, 5.74) is 2.02. The largest absolute Gasteiger partial charge is 0.497 e. The Balaban J connectivity index is 1.79. The van der Waals surface area contributed by atoms with Crippen molar-refractivity contribution in [2.24, 2.45) is 0 Å². The van der Waals surface area contributed by atoms with E-state index in [2.05, 4.69) is 9.97 Å². The summed E-state index contributed by atoms with van der Waals surface area (Å²) in [6.07, 6.45) is 4.78. The number of benzene rings is 1. The van der Waals surface area contributed by atoms with Gasteiger partial charge < -0.3 is 14.5 Å². The van der Waals surface area contributed by atoms with Crippen LogP contribution in [0.3, 0.4) is 0 Å². The molecule has 1 saturated heterocycles. The highest BCUT2D eigenvalue weighted by Gasteiger charge is 2.16. The molecule has 1 atom stereocenters. The number of ether oxygens (including phenoxy) is 2. The Labute approximate surface area is 106 Å². The van der Waals surface area contributed by atoms with Crippen molar-refractivity contribution in [3.05, 3.63) is 24.0 Å². The second-order valence-electron chi connectivity index (χ2n) is 4.76. The molecule has 1 aromatic carbocycles. The number of imidazole rings is 1. The number of aromatic amines is 1. The lowest BCUT2D eigenvalue weighted by molar-refractivity contribution is 0.0158. The zero-order valence-electron chi connectivity index (χ0n) is 10.6. The van der Waals surface area contributed by atoms with Crippen molar-refractivity contribution in [3.63, 3.8) is 0 Å². The van der Waals surface area contributed by atoms with Crippen LogP contribution in [0.1, 0.15) is 25.1 Å². The van der Waals surface area contributed by atoms with Gasteiger partial charge in [0, 0.05) is 19.1 Å². The number of hydrogen-bond acceptors (Lipinski definition) is 3. The number of rotatable bonds is 3. The number of fused-ring (bicyclic) bond motifs is 1. The Morgan fingerprint density at radius 1 is 1.44 bits per heavy atom. The van der Waals surface area contributed by atoms with Crippen LogP contribution in [0.4, 0.5) is 0 Å². The number of H-pyrrole nitrogens is 1. The SMILES string of the molecule is COc1ccc2nc(CC3CCCCO3)[nH]c2c1. The molecule has 18 heavy (non-hydrogen) atoms. The lowest BCUT2D eigenvalue weighted by Gasteiger charge is -2.21. The predicted molar refractivity (Wildman–Crippen MR) is 69.9 cm³/mol. The maximum atomic E-state index is 5.74. The van der Waals surface area contributed by atoms with E-state index in [9.17, 15) is 0 Å². The van der Waals surface area contributed by atoms with Gasteiger partial charge in [0.2, 0.25) is 0 Å². The van der Waals surface area contributed by atoms with Crippen LogP contribution in [0.15, 0.2) is 18.2 Å². The van der Waals surface area contributed by atoms with Gasteiger partial charge in [-0.05, 0) is 31.4 Å². The van der Waals surface area contributed by atoms with Crippen molar-refractivity contribution in [3.8, 4) is 5.75 Å². The molecule has 1 fully saturated rings. The molecule has 0 amide bonds. The number of aromatic nitrogens is 2. The van der Waals surface area contributed by atoms with Gasteiger partial charge in [0.25, 0.3) is 0 Å². The van der Waals surface area contributed by atoms with Crippen molar-refractivity contribution < 1.29 is 9.47 Å². The van der Waals surface area contributed by atoms with E-state index >= 15 is 0 Å². The van der Waals surface area contributed by atoms with E-state index in [1.54, 1.807) is 7.11 Å². The molecule has 0 bridgehead atoms. The third kappa shape index (κ3) is 2.34. The zero-order valence-corrected chi connectivity index (χ0v) is 10.6. The van der Waals surface area contributed by atoms with E-state index in [0.29, 0.717) is 6.10 Å². The standard InChI is InChI=1S/C14H18N2O2/c1-17-10-5-6-12-13(8-10)16-14(15-12)9-11-4-2-3-7-18-11/h5-6,8,11H,2-4,7,9H2,1H3,(H,15,16). The Kier molecular flexibility index (Phi) is 3.19. The summed E-state index contributed by atoms with van der Waals surface area (Å²) in [4.78, 5) is 7.94. The quantitative estimate of drug-likeness (QED) is 0.905. The molecule has 1 unspecified atom stereocenters. The smallest absolute Gasteiger partial charge is 0.121 e. The monoisotopic (exact) mass is 246 g/mol. The highest BCUT2D eigenvalue weighted by Crippen LogP contribution is 2.21. The topological polar surface area (TPSA) is 47.1 Å². The zero-order chi connectivity index (χ0) is 12.4. The minimum absolute atomic E-state index is 0.321. The van der Waals surface area contributed by atoms with Gasteiger partial charge >= 0.3 is 0 Å². The van der Waals surface area contributed by atoms with Crippen LogP contribution in [0.5, 0.6) is 5.75 Å². The highest BCUT2D eigenvalue weighted by molar-refractivity contribution is 5.76. The highest BCUT2D eigenvalue weighted by atomic mass is 16.5. The van der Waals surface area contributed by atoms with Gasteiger partial charge in [-0.3, -0.25) is 0 Å². The first-order valence-corrected chi connectivity index (χ1v) is 6.49. The first kappa shape index (κ1) is 11.5.